The molecular weight excluding hydrogens is 605 g/mol. The van der Waals surface area contributed by atoms with Crippen molar-refractivity contribution >= 4 is 22.8 Å². The molecular formula is C28H21F7N4O5. The smallest absolute Gasteiger partial charge is 0.393 e. The van der Waals surface area contributed by atoms with E-state index in [0.29, 0.717) is 24.4 Å². The SMILES string of the molecule is O=C(NC(c1c(F)cccc1F)C(F)(F)F)c1cn(-c2ccc(F)cc2F)c2nc(N3CCC(O)CC3OO)ccc2c1=O. The molecule has 0 saturated carbocycles. The predicted molar refractivity (Wildman–Crippen MR) is 140 cm³/mol. The normalized spacial score (nSPS) is 18.0. The van der Waals surface area contributed by atoms with Gasteiger partial charge in [-0.25, -0.2) is 32.7 Å². The lowest BCUT2D eigenvalue weighted by atomic mass is 10.0. The maximum atomic E-state index is 15.0. The van der Waals surface area contributed by atoms with Gasteiger partial charge in [0.2, 0.25) is 5.43 Å². The van der Waals surface area contributed by atoms with Crippen LogP contribution >= 0.6 is 0 Å². The van der Waals surface area contributed by atoms with E-state index in [1.165, 1.54) is 16.3 Å². The van der Waals surface area contributed by atoms with Gasteiger partial charge in [-0.05, 0) is 42.8 Å². The van der Waals surface area contributed by atoms with Gasteiger partial charge < -0.3 is 15.3 Å². The number of halogens is 7. The number of hydrogen-bond donors (Lipinski definition) is 3. The molecule has 4 aromatic rings. The number of rotatable bonds is 6. The summed E-state index contributed by atoms with van der Waals surface area (Å²) in [6, 6.07) is 3.36. The quantitative estimate of drug-likeness (QED) is 0.161. The average Bonchev–Trinajstić information content (AvgIpc) is 2.96. The van der Waals surface area contributed by atoms with Crippen LogP contribution in [0.4, 0.5) is 36.6 Å². The third kappa shape index (κ3) is 5.82. The molecule has 0 bridgehead atoms. The number of pyridine rings is 2. The summed E-state index contributed by atoms with van der Waals surface area (Å²) in [6.07, 6.45) is -6.43. The van der Waals surface area contributed by atoms with Gasteiger partial charge >= 0.3 is 6.18 Å². The van der Waals surface area contributed by atoms with Crippen LogP contribution in [-0.2, 0) is 4.89 Å². The number of aliphatic hydroxyl groups is 1. The molecule has 9 nitrogen and oxygen atoms in total. The number of aromatic nitrogens is 2. The van der Waals surface area contributed by atoms with Crippen molar-refractivity contribution in [3.8, 4) is 5.69 Å². The molecule has 0 spiro atoms. The summed E-state index contributed by atoms with van der Waals surface area (Å²) in [4.78, 5) is 36.8. The maximum absolute atomic E-state index is 15.0. The van der Waals surface area contributed by atoms with Crippen LogP contribution in [0.5, 0.6) is 0 Å². The largest absolute Gasteiger partial charge is 0.413 e. The van der Waals surface area contributed by atoms with Crippen molar-refractivity contribution < 1.29 is 50.8 Å². The number of nitrogens with zero attached hydrogens (tertiary/aromatic N) is 3. The van der Waals surface area contributed by atoms with Crippen molar-refractivity contribution in [2.75, 3.05) is 11.4 Å². The molecule has 5 rings (SSSR count). The number of hydrogen-bond acceptors (Lipinski definition) is 7. The highest BCUT2D eigenvalue weighted by molar-refractivity contribution is 5.97. The third-order valence-corrected chi connectivity index (χ3v) is 7.08. The van der Waals surface area contributed by atoms with E-state index >= 15 is 0 Å². The lowest BCUT2D eigenvalue weighted by Crippen LogP contribution is -2.46. The number of amides is 1. The first-order valence-electron chi connectivity index (χ1n) is 12.9. The second-order valence-corrected chi connectivity index (χ2v) is 9.89. The summed E-state index contributed by atoms with van der Waals surface area (Å²) < 4.78 is 100. The van der Waals surface area contributed by atoms with Gasteiger partial charge in [-0.1, -0.05) is 6.07 Å². The molecule has 3 unspecified atom stereocenters. The molecule has 1 aliphatic rings. The molecule has 16 heteroatoms. The molecule has 0 aliphatic carbocycles. The van der Waals surface area contributed by atoms with Gasteiger partial charge in [-0.3, -0.25) is 14.2 Å². The number of carbonyl (C=O) groups is 1. The van der Waals surface area contributed by atoms with Crippen molar-refractivity contribution in [1.29, 1.82) is 0 Å². The van der Waals surface area contributed by atoms with Crippen molar-refractivity contribution in [2.24, 2.45) is 0 Å². The number of aliphatic hydroxyl groups excluding tert-OH is 1. The fraction of sp³-hybridized carbons (Fsp3) is 0.250. The van der Waals surface area contributed by atoms with E-state index in [1.807, 2.05) is 0 Å². The van der Waals surface area contributed by atoms with Crippen LogP contribution < -0.4 is 15.6 Å². The van der Waals surface area contributed by atoms with Crippen molar-refractivity contribution in [3.63, 3.8) is 0 Å². The number of carbonyl (C=O) groups excluding carboxylic acids is 1. The lowest BCUT2D eigenvalue weighted by molar-refractivity contribution is -0.286. The van der Waals surface area contributed by atoms with Crippen LogP contribution in [0.2, 0.25) is 0 Å². The van der Waals surface area contributed by atoms with Gasteiger partial charge in [0, 0.05) is 25.2 Å². The molecule has 1 saturated heterocycles. The Bertz CT molecular complexity index is 1780. The number of alkyl halides is 3. The molecule has 0 radical (unpaired) electrons. The van der Waals surface area contributed by atoms with E-state index in [-0.39, 0.29) is 30.9 Å². The molecule has 3 atom stereocenters. The summed E-state index contributed by atoms with van der Waals surface area (Å²) in [7, 11) is 0. The fourth-order valence-electron chi connectivity index (χ4n) is 4.96. The zero-order chi connectivity index (χ0) is 31.9. The summed E-state index contributed by atoms with van der Waals surface area (Å²) in [5, 5.41) is 20.3. The molecule has 2 aromatic heterocycles. The van der Waals surface area contributed by atoms with Crippen LogP contribution in [0.3, 0.4) is 0 Å². The standard InChI is InChI=1S/C28H21F7N4O5/c29-13-4-6-20(19(32)10-13)39-12-16(27(42)37-25(28(33,34)35)23-17(30)2-1-3-18(23)31)24(41)15-5-7-21(36-26(15)39)38-9-8-14(40)11-22(38)44-43/h1-7,10,12,14,22,25,40,43H,8-9,11H2,(H,37,42). The molecule has 44 heavy (non-hydrogen) atoms. The Kier molecular flexibility index (Phi) is 8.33. The van der Waals surface area contributed by atoms with Crippen molar-refractivity contribution in [1.82, 2.24) is 14.9 Å². The Labute approximate surface area is 242 Å². The Hall–Kier alpha value is -4.54. The number of nitrogens with one attached hydrogen (secondary N) is 1. The van der Waals surface area contributed by atoms with Crippen molar-refractivity contribution in [3.05, 3.63) is 99.3 Å². The minimum Gasteiger partial charge on any atom is -0.393 e. The Morgan fingerprint density at radius 3 is 2.39 bits per heavy atom. The van der Waals surface area contributed by atoms with Gasteiger partial charge in [-0.2, -0.15) is 13.2 Å². The Balaban J connectivity index is 1.67. The summed E-state index contributed by atoms with van der Waals surface area (Å²) in [6.45, 7) is 0.117. The van der Waals surface area contributed by atoms with Crippen LogP contribution in [0.15, 0.2) is 59.5 Å². The first-order chi connectivity index (χ1) is 20.8. The first kappa shape index (κ1) is 30.9. The number of fused-ring (bicyclic) bond motifs is 1. The topological polar surface area (TPSA) is 117 Å². The van der Waals surface area contributed by atoms with Crippen LogP contribution in [0, 0.1) is 23.3 Å². The minimum absolute atomic E-state index is 0.0301. The van der Waals surface area contributed by atoms with Crippen LogP contribution in [-0.4, -0.2) is 50.9 Å². The average molecular weight is 626 g/mol. The van der Waals surface area contributed by atoms with E-state index in [4.69, 9.17) is 0 Å². The van der Waals surface area contributed by atoms with E-state index < -0.39 is 81.4 Å². The molecule has 232 valence electrons. The van der Waals surface area contributed by atoms with Gasteiger partial charge in [0.25, 0.3) is 5.91 Å². The Morgan fingerprint density at radius 2 is 1.75 bits per heavy atom. The minimum atomic E-state index is -5.42. The molecule has 3 N–H and O–H groups in total. The van der Waals surface area contributed by atoms with Gasteiger partial charge in [0.1, 0.15) is 34.7 Å². The van der Waals surface area contributed by atoms with E-state index in [0.717, 1.165) is 28.8 Å². The number of benzene rings is 2. The first-order valence-corrected chi connectivity index (χ1v) is 12.9. The monoisotopic (exact) mass is 626 g/mol. The summed E-state index contributed by atoms with van der Waals surface area (Å²) in [5.41, 5.74) is -4.47. The summed E-state index contributed by atoms with van der Waals surface area (Å²) in [5.74, 6) is -7.05. The molecule has 1 aliphatic heterocycles. The Morgan fingerprint density at radius 1 is 1.05 bits per heavy atom. The fourth-order valence-corrected chi connectivity index (χ4v) is 4.96. The highest BCUT2D eigenvalue weighted by Gasteiger charge is 2.45. The highest BCUT2D eigenvalue weighted by atomic mass is 19.4. The molecule has 3 heterocycles. The van der Waals surface area contributed by atoms with E-state index in [1.54, 1.807) is 0 Å². The van der Waals surface area contributed by atoms with Crippen LogP contribution in [0.25, 0.3) is 16.7 Å². The number of piperidine rings is 1. The zero-order valence-corrected chi connectivity index (χ0v) is 22.2. The third-order valence-electron chi connectivity index (χ3n) is 7.08. The molecule has 2 aromatic carbocycles. The van der Waals surface area contributed by atoms with Crippen molar-refractivity contribution in [2.45, 2.75) is 37.4 Å². The van der Waals surface area contributed by atoms with Gasteiger partial charge in [0.15, 0.2) is 17.9 Å². The van der Waals surface area contributed by atoms with E-state index in [2.05, 4.69) is 9.87 Å². The lowest BCUT2D eigenvalue weighted by Gasteiger charge is -2.36. The predicted octanol–water partition coefficient (Wildman–Crippen LogP) is 4.75. The van der Waals surface area contributed by atoms with Gasteiger partial charge in [-0.15, -0.1) is 0 Å². The molecule has 1 fully saturated rings. The molecule has 1 amide bonds. The van der Waals surface area contributed by atoms with E-state index in [9.17, 15) is 50.7 Å². The van der Waals surface area contributed by atoms with Gasteiger partial charge in [0.05, 0.1) is 22.7 Å². The summed E-state index contributed by atoms with van der Waals surface area (Å²) >= 11 is 0. The second-order valence-electron chi connectivity index (χ2n) is 9.89. The zero-order valence-electron chi connectivity index (χ0n) is 22.2. The second kappa shape index (κ2) is 11.9. The highest BCUT2D eigenvalue weighted by Crippen LogP contribution is 2.36. The maximum Gasteiger partial charge on any atom is 0.413 e. The van der Waals surface area contributed by atoms with Crippen LogP contribution in [0.1, 0.15) is 34.8 Å². The number of anilines is 1.